The summed E-state index contributed by atoms with van der Waals surface area (Å²) in [5.74, 6) is 0.634. The van der Waals surface area contributed by atoms with Gasteiger partial charge in [-0.1, -0.05) is 0 Å². The molecule has 8 nitrogen and oxygen atoms in total. The molecular formula is C18H21N7O. The van der Waals surface area contributed by atoms with Crippen LogP contribution < -0.4 is 5.32 Å². The van der Waals surface area contributed by atoms with Gasteiger partial charge >= 0.3 is 0 Å². The van der Waals surface area contributed by atoms with Gasteiger partial charge in [0.1, 0.15) is 5.69 Å². The van der Waals surface area contributed by atoms with Crippen molar-refractivity contribution in [2.24, 2.45) is 7.05 Å². The van der Waals surface area contributed by atoms with Gasteiger partial charge in [0.25, 0.3) is 5.91 Å². The van der Waals surface area contributed by atoms with Gasteiger partial charge in [-0.3, -0.25) is 4.79 Å². The summed E-state index contributed by atoms with van der Waals surface area (Å²) < 4.78 is 1.92. The number of hydrogen-bond acceptors (Lipinski definition) is 5. The number of hydrogen-bond donors (Lipinski definition) is 2. The highest BCUT2D eigenvalue weighted by atomic mass is 16.2. The van der Waals surface area contributed by atoms with Gasteiger partial charge in [0.05, 0.1) is 18.1 Å². The number of anilines is 1. The van der Waals surface area contributed by atoms with E-state index in [1.54, 1.807) is 24.8 Å². The molecule has 0 unspecified atom stereocenters. The van der Waals surface area contributed by atoms with Crippen LogP contribution in [0, 0.1) is 6.92 Å². The Kier molecular flexibility index (Phi) is 4.16. The van der Waals surface area contributed by atoms with E-state index < -0.39 is 0 Å². The smallest absolute Gasteiger partial charge is 0.270 e. The first-order chi connectivity index (χ1) is 12.6. The molecule has 1 fully saturated rings. The summed E-state index contributed by atoms with van der Waals surface area (Å²) in [7, 11) is 1.94. The van der Waals surface area contributed by atoms with Crippen LogP contribution in [-0.4, -0.2) is 54.4 Å². The third kappa shape index (κ3) is 3.17. The molecule has 0 bridgehead atoms. The van der Waals surface area contributed by atoms with Crippen LogP contribution in [0.5, 0.6) is 0 Å². The minimum Gasteiger partial charge on any atom is -0.357 e. The number of amides is 1. The third-order valence-corrected chi connectivity index (χ3v) is 4.65. The number of aromatic nitrogens is 5. The molecule has 0 radical (unpaired) electrons. The Bertz CT molecular complexity index is 902. The van der Waals surface area contributed by atoms with E-state index in [0.29, 0.717) is 24.7 Å². The number of aromatic amines is 1. The van der Waals surface area contributed by atoms with E-state index in [2.05, 4.69) is 25.3 Å². The van der Waals surface area contributed by atoms with Crippen molar-refractivity contribution in [1.29, 1.82) is 0 Å². The third-order valence-electron chi connectivity index (χ3n) is 4.65. The molecule has 134 valence electrons. The zero-order chi connectivity index (χ0) is 18.1. The predicted octanol–water partition coefficient (Wildman–Crippen LogP) is 1.57. The topological polar surface area (TPSA) is 91.7 Å². The van der Waals surface area contributed by atoms with Crippen molar-refractivity contribution in [3.05, 3.63) is 60.2 Å². The zero-order valence-electron chi connectivity index (χ0n) is 14.8. The number of aryl methyl sites for hydroxylation is 2. The Balaban J connectivity index is 1.59. The fourth-order valence-corrected chi connectivity index (χ4v) is 3.36. The molecule has 1 saturated heterocycles. The van der Waals surface area contributed by atoms with E-state index in [4.69, 9.17) is 0 Å². The number of nitrogens with one attached hydrogen (secondary N) is 2. The minimum atomic E-state index is -0.00890. The van der Waals surface area contributed by atoms with Crippen LogP contribution in [0.4, 0.5) is 5.95 Å². The Labute approximate surface area is 151 Å². The van der Waals surface area contributed by atoms with Crippen molar-refractivity contribution in [3.8, 4) is 0 Å². The molecule has 2 atom stereocenters. The maximum atomic E-state index is 12.8. The van der Waals surface area contributed by atoms with Crippen LogP contribution in [0.2, 0.25) is 0 Å². The molecular weight excluding hydrogens is 330 g/mol. The summed E-state index contributed by atoms with van der Waals surface area (Å²) in [4.78, 5) is 30.8. The summed E-state index contributed by atoms with van der Waals surface area (Å²) in [6, 6.07) is 5.47. The number of imidazole rings is 1. The highest BCUT2D eigenvalue weighted by Crippen LogP contribution is 2.29. The number of likely N-dealkylation sites (tertiary alicyclic amines) is 1. The molecule has 1 amide bonds. The van der Waals surface area contributed by atoms with Gasteiger partial charge < -0.3 is 19.8 Å². The summed E-state index contributed by atoms with van der Waals surface area (Å²) in [5.41, 5.74) is 2.45. The molecule has 3 aromatic rings. The van der Waals surface area contributed by atoms with E-state index >= 15 is 0 Å². The lowest BCUT2D eigenvalue weighted by Crippen LogP contribution is -2.32. The second-order valence-corrected chi connectivity index (χ2v) is 6.64. The van der Waals surface area contributed by atoms with Gasteiger partial charge in [-0.05, 0) is 25.1 Å². The summed E-state index contributed by atoms with van der Waals surface area (Å²) in [5, 5.41) is 3.39. The number of rotatable bonds is 4. The highest BCUT2D eigenvalue weighted by molar-refractivity contribution is 5.92. The molecule has 3 aromatic heterocycles. The lowest BCUT2D eigenvalue weighted by Gasteiger charge is -2.18. The van der Waals surface area contributed by atoms with Crippen molar-refractivity contribution in [2.75, 3.05) is 18.4 Å². The lowest BCUT2D eigenvalue weighted by atomic mass is 10.0. The molecule has 0 spiro atoms. The summed E-state index contributed by atoms with van der Waals surface area (Å²) in [6.45, 7) is 3.09. The van der Waals surface area contributed by atoms with Crippen molar-refractivity contribution < 1.29 is 4.79 Å². The Morgan fingerprint density at radius 2 is 2.19 bits per heavy atom. The van der Waals surface area contributed by atoms with Crippen molar-refractivity contribution in [1.82, 2.24) is 29.4 Å². The molecule has 8 heteroatoms. The van der Waals surface area contributed by atoms with Crippen LogP contribution >= 0.6 is 0 Å². The Morgan fingerprint density at radius 3 is 2.88 bits per heavy atom. The van der Waals surface area contributed by atoms with E-state index in [0.717, 1.165) is 11.4 Å². The van der Waals surface area contributed by atoms with Gasteiger partial charge in [0, 0.05) is 50.3 Å². The van der Waals surface area contributed by atoms with E-state index in [9.17, 15) is 4.79 Å². The van der Waals surface area contributed by atoms with Crippen LogP contribution in [-0.2, 0) is 7.05 Å². The standard InChI is InChI=1S/C18H21N7O/c1-12-5-7-20-18(22-12)23-16-10-25(17(26)14-4-3-6-19-14)8-13(16)15-9-24(2)11-21-15/h3-7,9,11,13,16,19H,8,10H2,1-2H3,(H,20,22,23)/t13-,16+/m0/s1. The quantitative estimate of drug-likeness (QED) is 0.744. The maximum Gasteiger partial charge on any atom is 0.270 e. The molecule has 0 aliphatic carbocycles. The molecule has 26 heavy (non-hydrogen) atoms. The number of H-pyrrole nitrogens is 1. The lowest BCUT2D eigenvalue weighted by molar-refractivity contribution is 0.0784. The van der Waals surface area contributed by atoms with Gasteiger partial charge in [-0.15, -0.1) is 0 Å². The average Bonchev–Trinajstić information content (AvgIpc) is 3.34. The molecule has 4 heterocycles. The molecule has 4 rings (SSSR count). The minimum absolute atomic E-state index is 0.00869. The van der Waals surface area contributed by atoms with Gasteiger partial charge in [-0.2, -0.15) is 0 Å². The van der Waals surface area contributed by atoms with E-state index in [1.165, 1.54) is 0 Å². The predicted molar refractivity (Wildman–Crippen MR) is 96.8 cm³/mol. The molecule has 0 saturated carbocycles. The summed E-state index contributed by atoms with van der Waals surface area (Å²) >= 11 is 0. The second kappa shape index (κ2) is 6.62. The molecule has 1 aliphatic heterocycles. The fourth-order valence-electron chi connectivity index (χ4n) is 3.36. The molecule has 0 aromatic carbocycles. The van der Waals surface area contributed by atoms with Crippen LogP contribution in [0.3, 0.4) is 0 Å². The Hall–Kier alpha value is -3.16. The monoisotopic (exact) mass is 351 g/mol. The van der Waals surface area contributed by atoms with E-state index in [1.807, 2.05) is 41.8 Å². The van der Waals surface area contributed by atoms with Crippen molar-refractivity contribution in [3.63, 3.8) is 0 Å². The van der Waals surface area contributed by atoms with Gasteiger partial charge in [0.15, 0.2) is 0 Å². The zero-order valence-corrected chi connectivity index (χ0v) is 14.8. The van der Waals surface area contributed by atoms with Crippen molar-refractivity contribution in [2.45, 2.75) is 18.9 Å². The molecule has 1 aliphatic rings. The maximum absolute atomic E-state index is 12.8. The second-order valence-electron chi connectivity index (χ2n) is 6.64. The van der Waals surface area contributed by atoms with Crippen LogP contribution in [0.25, 0.3) is 0 Å². The first kappa shape index (κ1) is 16.3. The normalized spacial score (nSPS) is 19.7. The molecule has 2 N–H and O–H groups in total. The van der Waals surface area contributed by atoms with E-state index in [-0.39, 0.29) is 17.9 Å². The van der Waals surface area contributed by atoms with Crippen LogP contribution in [0.15, 0.2) is 43.1 Å². The number of nitrogens with zero attached hydrogens (tertiary/aromatic N) is 5. The van der Waals surface area contributed by atoms with Crippen molar-refractivity contribution >= 4 is 11.9 Å². The largest absolute Gasteiger partial charge is 0.357 e. The number of carbonyl (C=O) groups is 1. The average molecular weight is 351 g/mol. The first-order valence-corrected chi connectivity index (χ1v) is 8.57. The summed E-state index contributed by atoms with van der Waals surface area (Å²) in [6.07, 6.45) is 7.27. The first-order valence-electron chi connectivity index (χ1n) is 8.57. The van der Waals surface area contributed by atoms with Gasteiger partial charge in [-0.25, -0.2) is 15.0 Å². The SMILES string of the molecule is Cc1ccnc(N[C@@H]2CN(C(=O)c3ccc[nH]3)C[C@H]2c2cn(C)cn2)n1. The number of carbonyl (C=O) groups excluding carboxylic acids is 1. The fraction of sp³-hybridized carbons (Fsp3) is 0.333. The van der Waals surface area contributed by atoms with Crippen LogP contribution in [0.1, 0.15) is 27.8 Å². The van der Waals surface area contributed by atoms with Gasteiger partial charge in [0.2, 0.25) is 5.95 Å². The Morgan fingerprint density at radius 1 is 1.31 bits per heavy atom. The highest BCUT2D eigenvalue weighted by Gasteiger charge is 2.38.